The van der Waals surface area contributed by atoms with Crippen LogP contribution in [0.3, 0.4) is 0 Å². The Balaban J connectivity index is 3.48. The molecule has 298 valence electrons. The lowest BCUT2D eigenvalue weighted by molar-refractivity contribution is -0.123. The molecule has 0 aliphatic rings. The van der Waals surface area contributed by atoms with Crippen LogP contribution < -0.4 is 5.32 Å². The fraction of sp³-hybridized carbons (Fsp3) is 0.935. The van der Waals surface area contributed by atoms with Gasteiger partial charge in [0.2, 0.25) is 5.91 Å². The molecule has 2 atom stereocenters. The van der Waals surface area contributed by atoms with Gasteiger partial charge in [-0.1, -0.05) is 225 Å². The first-order valence-corrected chi connectivity index (χ1v) is 22.9. The molecular formula is C46H91NO3. The Labute approximate surface area is 314 Å². The number of aliphatic hydroxyl groups is 2. The maximum absolute atomic E-state index is 12.4. The number of allylic oxidation sites excluding steroid dienone is 2. The first kappa shape index (κ1) is 49.1. The van der Waals surface area contributed by atoms with E-state index >= 15 is 0 Å². The maximum Gasteiger partial charge on any atom is 0.220 e. The normalized spacial score (nSPS) is 13.0. The highest BCUT2D eigenvalue weighted by Gasteiger charge is 2.20. The first-order valence-electron chi connectivity index (χ1n) is 22.9. The smallest absolute Gasteiger partial charge is 0.220 e. The van der Waals surface area contributed by atoms with Gasteiger partial charge in [-0.3, -0.25) is 4.79 Å². The summed E-state index contributed by atoms with van der Waals surface area (Å²) < 4.78 is 0. The molecule has 0 aromatic carbocycles. The summed E-state index contributed by atoms with van der Waals surface area (Å²) in [5.74, 6) is -0.0289. The van der Waals surface area contributed by atoms with E-state index in [9.17, 15) is 15.0 Å². The van der Waals surface area contributed by atoms with Crippen LogP contribution in [0.25, 0.3) is 0 Å². The molecule has 4 heteroatoms. The summed E-state index contributed by atoms with van der Waals surface area (Å²) in [5.41, 5.74) is 0. The molecule has 0 fully saturated rings. The highest BCUT2D eigenvalue weighted by atomic mass is 16.3. The molecule has 4 nitrogen and oxygen atoms in total. The van der Waals surface area contributed by atoms with Crippen LogP contribution in [0.5, 0.6) is 0 Å². The molecule has 0 aromatic rings. The Morgan fingerprint density at radius 2 is 0.760 bits per heavy atom. The summed E-state index contributed by atoms with van der Waals surface area (Å²) in [4.78, 5) is 12.4. The lowest BCUT2D eigenvalue weighted by atomic mass is 10.0. The molecule has 0 heterocycles. The summed E-state index contributed by atoms with van der Waals surface area (Å²) in [6, 6.07) is -0.532. The molecule has 0 unspecified atom stereocenters. The lowest BCUT2D eigenvalue weighted by Gasteiger charge is -2.22. The van der Waals surface area contributed by atoms with Gasteiger partial charge in [0.05, 0.1) is 18.8 Å². The number of aliphatic hydroxyl groups excluding tert-OH is 2. The summed E-state index contributed by atoms with van der Waals surface area (Å²) in [6.07, 6.45) is 52.9. The lowest BCUT2D eigenvalue weighted by Crippen LogP contribution is -2.45. The van der Waals surface area contributed by atoms with Crippen LogP contribution in [0.4, 0.5) is 0 Å². The Bertz CT molecular complexity index is 680. The van der Waals surface area contributed by atoms with E-state index in [0.717, 1.165) is 25.7 Å². The third-order valence-electron chi connectivity index (χ3n) is 10.8. The van der Waals surface area contributed by atoms with Gasteiger partial charge in [-0.25, -0.2) is 0 Å². The Hall–Kier alpha value is -0.870. The van der Waals surface area contributed by atoms with Crippen molar-refractivity contribution < 1.29 is 15.0 Å². The molecule has 0 rings (SSSR count). The van der Waals surface area contributed by atoms with Gasteiger partial charge in [-0.05, 0) is 38.5 Å². The second-order valence-electron chi connectivity index (χ2n) is 15.8. The van der Waals surface area contributed by atoms with Gasteiger partial charge >= 0.3 is 0 Å². The SMILES string of the molecule is CCCCCCCC/C=C/CCCCCCCCCCCCCC(=O)N[C@@H](CO)[C@H](O)CCCCCCCCCCCCCCCCCCC. The van der Waals surface area contributed by atoms with Crippen molar-refractivity contribution in [2.45, 2.75) is 270 Å². The fourth-order valence-corrected chi connectivity index (χ4v) is 7.24. The number of carbonyl (C=O) groups excluding carboxylic acids is 1. The fourth-order valence-electron chi connectivity index (χ4n) is 7.24. The Kier molecular flexibility index (Phi) is 41.8. The number of hydrogen-bond donors (Lipinski definition) is 3. The number of unbranched alkanes of at least 4 members (excludes halogenated alkanes) is 33. The quantitative estimate of drug-likeness (QED) is 0.0437. The molecular weight excluding hydrogens is 615 g/mol. The van der Waals surface area contributed by atoms with Gasteiger partial charge in [0.25, 0.3) is 0 Å². The van der Waals surface area contributed by atoms with Crippen molar-refractivity contribution in [3.63, 3.8) is 0 Å². The van der Waals surface area contributed by atoms with Gasteiger partial charge < -0.3 is 15.5 Å². The molecule has 0 bridgehead atoms. The summed E-state index contributed by atoms with van der Waals surface area (Å²) in [7, 11) is 0. The minimum atomic E-state index is -0.656. The zero-order valence-corrected chi connectivity index (χ0v) is 34.2. The molecule has 1 amide bonds. The van der Waals surface area contributed by atoms with E-state index in [1.165, 1.54) is 205 Å². The van der Waals surface area contributed by atoms with Gasteiger partial charge in [-0.15, -0.1) is 0 Å². The molecule has 0 radical (unpaired) electrons. The third kappa shape index (κ3) is 38.4. The van der Waals surface area contributed by atoms with Crippen LogP contribution in [0.2, 0.25) is 0 Å². The Morgan fingerprint density at radius 3 is 1.10 bits per heavy atom. The number of rotatable bonds is 42. The topological polar surface area (TPSA) is 69.6 Å². The first-order chi connectivity index (χ1) is 24.7. The van der Waals surface area contributed by atoms with Crippen molar-refractivity contribution >= 4 is 5.91 Å². The van der Waals surface area contributed by atoms with Crippen molar-refractivity contribution in [3.05, 3.63) is 12.2 Å². The van der Waals surface area contributed by atoms with E-state index in [1.54, 1.807) is 0 Å². The predicted octanol–water partition coefficient (Wildman–Crippen LogP) is 14.2. The van der Waals surface area contributed by atoms with E-state index in [4.69, 9.17) is 0 Å². The van der Waals surface area contributed by atoms with Crippen LogP contribution in [0.15, 0.2) is 12.2 Å². The highest BCUT2D eigenvalue weighted by molar-refractivity contribution is 5.76. The second kappa shape index (κ2) is 42.5. The standard InChI is InChI=1S/C46H91NO3/c1-3-5-7-9-11-13-15-17-19-21-22-23-24-26-28-30-32-34-36-38-40-42-46(50)47-44(43-48)45(49)41-39-37-35-33-31-29-27-25-20-18-16-14-12-10-8-6-4-2/h17,19,44-45,48-49H,3-16,18,20-43H2,1-2H3,(H,47,50)/b19-17+/t44-,45+/m0/s1. The molecule has 0 spiro atoms. The molecule has 0 aliphatic carbocycles. The van der Waals surface area contributed by atoms with Crippen molar-refractivity contribution in [2.75, 3.05) is 6.61 Å². The molecule has 0 aromatic heterocycles. The average molecular weight is 706 g/mol. The van der Waals surface area contributed by atoms with Crippen molar-refractivity contribution in [3.8, 4) is 0 Å². The highest BCUT2D eigenvalue weighted by Crippen LogP contribution is 2.16. The van der Waals surface area contributed by atoms with E-state index in [1.807, 2.05) is 0 Å². The second-order valence-corrected chi connectivity index (χ2v) is 15.8. The number of nitrogens with one attached hydrogen (secondary N) is 1. The minimum Gasteiger partial charge on any atom is -0.394 e. The Morgan fingerprint density at radius 1 is 0.460 bits per heavy atom. The average Bonchev–Trinajstić information content (AvgIpc) is 3.12. The van der Waals surface area contributed by atoms with E-state index in [0.29, 0.717) is 12.8 Å². The zero-order valence-electron chi connectivity index (χ0n) is 34.2. The van der Waals surface area contributed by atoms with Gasteiger partial charge in [0.1, 0.15) is 0 Å². The zero-order chi connectivity index (χ0) is 36.4. The van der Waals surface area contributed by atoms with Gasteiger partial charge in [-0.2, -0.15) is 0 Å². The summed E-state index contributed by atoms with van der Waals surface area (Å²) in [6.45, 7) is 4.37. The molecule has 50 heavy (non-hydrogen) atoms. The molecule has 3 N–H and O–H groups in total. The molecule has 0 saturated carbocycles. The van der Waals surface area contributed by atoms with E-state index in [-0.39, 0.29) is 12.5 Å². The minimum absolute atomic E-state index is 0.0289. The van der Waals surface area contributed by atoms with Gasteiger partial charge in [0.15, 0.2) is 0 Å². The van der Waals surface area contributed by atoms with Crippen molar-refractivity contribution in [2.24, 2.45) is 0 Å². The molecule has 0 saturated heterocycles. The van der Waals surface area contributed by atoms with Crippen molar-refractivity contribution in [1.82, 2.24) is 5.32 Å². The maximum atomic E-state index is 12.4. The number of amides is 1. The summed E-state index contributed by atoms with van der Waals surface area (Å²) >= 11 is 0. The van der Waals surface area contributed by atoms with Crippen LogP contribution >= 0.6 is 0 Å². The predicted molar refractivity (Wildman–Crippen MR) is 221 cm³/mol. The largest absolute Gasteiger partial charge is 0.394 e. The monoisotopic (exact) mass is 706 g/mol. The van der Waals surface area contributed by atoms with Gasteiger partial charge in [0, 0.05) is 6.42 Å². The van der Waals surface area contributed by atoms with Crippen molar-refractivity contribution in [1.29, 1.82) is 0 Å². The summed E-state index contributed by atoms with van der Waals surface area (Å²) in [5, 5.41) is 23.2. The number of hydrogen-bond acceptors (Lipinski definition) is 3. The van der Waals surface area contributed by atoms with E-state index in [2.05, 4.69) is 31.3 Å². The van der Waals surface area contributed by atoms with Crippen LogP contribution in [-0.2, 0) is 4.79 Å². The number of carbonyl (C=O) groups is 1. The van der Waals surface area contributed by atoms with Crippen LogP contribution in [-0.4, -0.2) is 34.9 Å². The van der Waals surface area contributed by atoms with Crippen LogP contribution in [0.1, 0.15) is 258 Å². The molecule has 0 aliphatic heterocycles. The third-order valence-corrected chi connectivity index (χ3v) is 10.8. The van der Waals surface area contributed by atoms with Crippen LogP contribution in [0, 0.1) is 0 Å². The van der Waals surface area contributed by atoms with E-state index < -0.39 is 12.1 Å².